The first-order chi connectivity index (χ1) is 14.5. The number of carbonyl (C=O) groups excluding carboxylic acids is 2. The molecule has 0 saturated carbocycles. The molecule has 0 radical (unpaired) electrons. The van der Waals surface area contributed by atoms with Gasteiger partial charge in [-0.2, -0.15) is 0 Å². The van der Waals surface area contributed by atoms with Gasteiger partial charge in [0, 0.05) is 18.9 Å². The Morgan fingerprint density at radius 2 is 1.47 bits per heavy atom. The molecule has 1 aromatic carbocycles. The Bertz CT molecular complexity index is 646. The number of nitro benzene ring substituents is 1. The van der Waals surface area contributed by atoms with Gasteiger partial charge in [0.2, 0.25) is 0 Å². The highest BCUT2D eigenvalue weighted by Crippen LogP contribution is 2.20. The van der Waals surface area contributed by atoms with Gasteiger partial charge in [0.1, 0.15) is 5.75 Å². The van der Waals surface area contributed by atoms with Crippen molar-refractivity contribution in [2.45, 2.75) is 90.4 Å². The molecule has 0 spiro atoms. The molecule has 0 N–H and O–H groups in total. The van der Waals surface area contributed by atoms with Crippen molar-refractivity contribution in [3.8, 4) is 5.75 Å². The lowest BCUT2D eigenvalue weighted by Crippen LogP contribution is -2.07. The van der Waals surface area contributed by atoms with Gasteiger partial charge in [0.25, 0.3) is 5.69 Å². The minimum Gasteiger partial charge on any atom is -0.466 e. The summed E-state index contributed by atoms with van der Waals surface area (Å²) in [6.45, 7) is 2.71. The van der Waals surface area contributed by atoms with Crippen molar-refractivity contribution < 1.29 is 24.0 Å². The van der Waals surface area contributed by atoms with Gasteiger partial charge in [-0.1, -0.05) is 64.4 Å². The van der Waals surface area contributed by atoms with Gasteiger partial charge in [-0.05, 0) is 25.3 Å². The lowest BCUT2D eigenvalue weighted by Gasteiger charge is -2.05. The summed E-state index contributed by atoms with van der Waals surface area (Å²) >= 11 is 0. The number of carbonyl (C=O) groups is 2. The maximum absolute atomic E-state index is 11.8. The van der Waals surface area contributed by atoms with E-state index in [1.165, 1.54) is 43.5 Å². The van der Waals surface area contributed by atoms with Crippen molar-refractivity contribution in [3.05, 3.63) is 34.4 Å². The SMILES string of the molecule is CCCCCCCOC(=O)CCCCCCCCC(=O)Oc1cccc([N+](=O)[O-])c1. The highest BCUT2D eigenvalue weighted by Gasteiger charge is 2.10. The van der Waals surface area contributed by atoms with Crippen LogP contribution in [-0.2, 0) is 14.3 Å². The monoisotopic (exact) mass is 421 g/mol. The minimum atomic E-state index is -0.522. The van der Waals surface area contributed by atoms with E-state index in [4.69, 9.17) is 9.47 Å². The van der Waals surface area contributed by atoms with Crippen LogP contribution < -0.4 is 4.74 Å². The average molecular weight is 422 g/mol. The molecule has 0 fully saturated rings. The predicted molar refractivity (Wildman–Crippen MR) is 115 cm³/mol. The maximum Gasteiger partial charge on any atom is 0.311 e. The highest BCUT2D eigenvalue weighted by atomic mass is 16.6. The zero-order chi connectivity index (χ0) is 22.0. The van der Waals surface area contributed by atoms with Crippen molar-refractivity contribution in [1.82, 2.24) is 0 Å². The number of hydrogen-bond donors (Lipinski definition) is 0. The van der Waals surface area contributed by atoms with E-state index in [-0.39, 0.29) is 29.8 Å². The molecule has 0 amide bonds. The van der Waals surface area contributed by atoms with E-state index in [2.05, 4.69) is 6.92 Å². The summed E-state index contributed by atoms with van der Waals surface area (Å²) in [6.07, 6.45) is 12.0. The molecule has 0 heterocycles. The molecule has 0 bridgehead atoms. The van der Waals surface area contributed by atoms with Crippen LogP contribution in [0.15, 0.2) is 24.3 Å². The number of unbranched alkanes of at least 4 members (excludes halogenated alkanes) is 9. The maximum atomic E-state index is 11.8. The van der Waals surface area contributed by atoms with Crippen LogP contribution in [0.3, 0.4) is 0 Å². The summed E-state index contributed by atoms with van der Waals surface area (Å²) in [5.41, 5.74) is -0.101. The van der Waals surface area contributed by atoms with Crippen molar-refractivity contribution in [1.29, 1.82) is 0 Å². The lowest BCUT2D eigenvalue weighted by atomic mass is 10.1. The summed E-state index contributed by atoms with van der Waals surface area (Å²) in [7, 11) is 0. The van der Waals surface area contributed by atoms with Crippen LogP contribution in [-0.4, -0.2) is 23.5 Å². The fourth-order valence-electron chi connectivity index (χ4n) is 3.05. The molecule has 168 valence electrons. The first kappa shape index (κ1) is 25.6. The van der Waals surface area contributed by atoms with E-state index in [9.17, 15) is 19.7 Å². The van der Waals surface area contributed by atoms with Gasteiger partial charge in [0.05, 0.1) is 17.6 Å². The number of nitro groups is 1. The van der Waals surface area contributed by atoms with E-state index in [1.807, 2.05) is 0 Å². The van der Waals surface area contributed by atoms with Crippen LogP contribution in [0.4, 0.5) is 5.69 Å². The number of ether oxygens (including phenoxy) is 2. The molecule has 7 nitrogen and oxygen atoms in total. The number of benzene rings is 1. The average Bonchev–Trinajstić information content (AvgIpc) is 2.72. The summed E-state index contributed by atoms with van der Waals surface area (Å²) < 4.78 is 10.4. The summed E-state index contributed by atoms with van der Waals surface area (Å²) in [6, 6.07) is 5.62. The largest absolute Gasteiger partial charge is 0.466 e. The first-order valence-corrected chi connectivity index (χ1v) is 11.1. The van der Waals surface area contributed by atoms with Crippen LogP contribution in [0.25, 0.3) is 0 Å². The second kappa shape index (κ2) is 16.4. The Morgan fingerprint density at radius 3 is 2.13 bits per heavy atom. The molecule has 0 saturated heterocycles. The van der Waals surface area contributed by atoms with E-state index in [0.717, 1.165) is 44.9 Å². The van der Waals surface area contributed by atoms with Gasteiger partial charge < -0.3 is 9.47 Å². The summed E-state index contributed by atoms with van der Waals surface area (Å²) in [4.78, 5) is 33.7. The van der Waals surface area contributed by atoms with Crippen molar-refractivity contribution in [3.63, 3.8) is 0 Å². The quantitative estimate of drug-likeness (QED) is 0.0986. The van der Waals surface area contributed by atoms with Crippen molar-refractivity contribution in [2.24, 2.45) is 0 Å². The number of rotatable bonds is 17. The Morgan fingerprint density at radius 1 is 0.867 bits per heavy atom. The third-order valence-corrected chi connectivity index (χ3v) is 4.78. The van der Waals surface area contributed by atoms with E-state index in [1.54, 1.807) is 0 Å². The second-order valence-electron chi connectivity index (χ2n) is 7.48. The molecule has 0 aliphatic carbocycles. The van der Waals surface area contributed by atoms with E-state index >= 15 is 0 Å². The molecule has 0 unspecified atom stereocenters. The molecule has 0 aliphatic rings. The lowest BCUT2D eigenvalue weighted by molar-refractivity contribution is -0.384. The molecular formula is C23H35NO6. The number of nitrogens with zero attached hydrogens (tertiary/aromatic N) is 1. The van der Waals surface area contributed by atoms with E-state index in [0.29, 0.717) is 19.4 Å². The van der Waals surface area contributed by atoms with Gasteiger partial charge in [-0.3, -0.25) is 19.7 Å². The Balaban J connectivity index is 1.96. The smallest absolute Gasteiger partial charge is 0.311 e. The van der Waals surface area contributed by atoms with Crippen LogP contribution in [0.5, 0.6) is 5.75 Å². The summed E-state index contributed by atoms with van der Waals surface area (Å²) in [5, 5.41) is 10.7. The van der Waals surface area contributed by atoms with Crippen molar-refractivity contribution >= 4 is 17.6 Å². The fourth-order valence-corrected chi connectivity index (χ4v) is 3.05. The Hall–Kier alpha value is -2.44. The number of hydrogen-bond acceptors (Lipinski definition) is 6. The third-order valence-electron chi connectivity index (χ3n) is 4.78. The normalized spacial score (nSPS) is 10.6. The summed E-state index contributed by atoms with van der Waals surface area (Å²) in [5.74, 6) is -0.288. The van der Waals surface area contributed by atoms with Gasteiger partial charge in [0.15, 0.2) is 0 Å². The van der Waals surface area contributed by atoms with Gasteiger partial charge in [-0.15, -0.1) is 0 Å². The molecule has 7 heteroatoms. The van der Waals surface area contributed by atoms with E-state index < -0.39 is 4.92 Å². The number of esters is 2. The minimum absolute atomic E-state index is 0.101. The molecule has 0 aromatic heterocycles. The topological polar surface area (TPSA) is 95.7 Å². The molecule has 0 atom stereocenters. The number of non-ortho nitro benzene ring substituents is 1. The highest BCUT2D eigenvalue weighted by molar-refractivity contribution is 5.72. The third kappa shape index (κ3) is 12.9. The van der Waals surface area contributed by atoms with Crippen molar-refractivity contribution in [2.75, 3.05) is 6.61 Å². The van der Waals surface area contributed by atoms with Crippen LogP contribution in [0, 0.1) is 10.1 Å². The molecule has 1 rings (SSSR count). The molecule has 0 aliphatic heterocycles. The fraction of sp³-hybridized carbons (Fsp3) is 0.652. The second-order valence-corrected chi connectivity index (χ2v) is 7.48. The van der Waals surface area contributed by atoms with Crippen LogP contribution >= 0.6 is 0 Å². The Labute approximate surface area is 179 Å². The zero-order valence-electron chi connectivity index (χ0n) is 18.1. The predicted octanol–water partition coefficient (Wildman–Crippen LogP) is 6.13. The van der Waals surface area contributed by atoms with Crippen LogP contribution in [0.1, 0.15) is 90.4 Å². The van der Waals surface area contributed by atoms with Crippen LogP contribution in [0.2, 0.25) is 0 Å². The standard InChI is InChI=1S/C23H35NO6/c1-2-3-4-9-12-18-29-22(25)16-10-7-5-6-8-11-17-23(26)30-21-15-13-14-20(19-21)24(27)28/h13-15,19H,2-12,16-18H2,1H3. The molecule has 30 heavy (non-hydrogen) atoms. The Kier molecular flexibility index (Phi) is 14.0. The molecular weight excluding hydrogens is 386 g/mol. The van der Waals surface area contributed by atoms with Gasteiger partial charge >= 0.3 is 11.9 Å². The molecule has 1 aromatic rings. The van der Waals surface area contributed by atoms with Gasteiger partial charge in [-0.25, -0.2) is 0 Å². The first-order valence-electron chi connectivity index (χ1n) is 11.1. The zero-order valence-corrected chi connectivity index (χ0v) is 18.1.